The summed E-state index contributed by atoms with van der Waals surface area (Å²) in [4.78, 5) is 18.2. The van der Waals surface area contributed by atoms with E-state index in [4.69, 9.17) is 5.73 Å². The van der Waals surface area contributed by atoms with Crippen molar-refractivity contribution in [3.8, 4) is 0 Å². The maximum Gasteiger partial charge on any atom is 0.224 e. The molecule has 0 aromatic heterocycles. The smallest absolute Gasteiger partial charge is 0.224 e. The zero-order valence-electron chi connectivity index (χ0n) is 11.7. The maximum absolute atomic E-state index is 11.9. The average Bonchev–Trinajstić information content (AvgIpc) is 2.38. The van der Waals surface area contributed by atoms with Crippen molar-refractivity contribution in [1.29, 1.82) is 0 Å². The Morgan fingerprint density at radius 3 is 2.58 bits per heavy atom. The van der Waals surface area contributed by atoms with Crippen LogP contribution in [0.3, 0.4) is 0 Å². The number of hydrogen-bond donors (Lipinski definition) is 2. The van der Waals surface area contributed by atoms with Gasteiger partial charge < -0.3 is 16.0 Å². The molecule has 0 bridgehead atoms. The minimum atomic E-state index is 0.235. The monoisotopic (exact) mass is 266 g/mol. The van der Waals surface area contributed by atoms with Crippen LogP contribution in [-0.4, -0.2) is 42.9 Å². The molecule has 1 aliphatic carbocycles. The number of aliphatic imine (C=N–C) groups is 1. The summed E-state index contributed by atoms with van der Waals surface area (Å²) in [7, 11) is 0. The van der Waals surface area contributed by atoms with Gasteiger partial charge in [0.2, 0.25) is 5.91 Å². The van der Waals surface area contributed by atoms with E-state index in [9.17, 15) is 4.79 Å². The van der Waals surface area contributed by atoms with E-state index >= 15 is 0 Å². The van der Waals surface area contributed by atoms with Crippen molar-refractivity contribution in [2.24, 2.45) is 16.6 Å². The molecule has 108 valence electrons. The van der Waals surface area contributed by atoms with Crippen LogP contribution in [0, 0.1) is 5.92 Å². The molecule has 1 saturated heterocycles. The molecule has 0 aromatic rings. The fourth-order valence-electron chi connectivity index (χ4n) is 2.56. The van der Waals surface area contributed by atoms with Gasteiger partial charge in [-0.3, -0.25) is 9.79 Å². The summed E-state index contributed by atoms with van der Waals surface area (Å²) >= 11 is 0. The Kier molecular flexibility index (Phi) is 5.48. The van der Waals surface area contributed by atoms with Crippen molar-refractivity contribution in [2.45, 2.75) is 44.9 Å². The molecule has 2 aliphatic rings. The molecule has 1 amide bonds. The molecule has 0 aromatic carbocycles. The van der Waals surface area contributed by atoms with E-state index in [2.05, 4.69) is 10.3 Å². The van der Waals surface area contributed by atoms with E-state index in [-0.39, 0.29) is 5.91 Å². The maximum atomic E-state index is 11.9. The highest BCUT2D eigenvalue weighted by atomic mass is 16.2. The lowest BCUT2D eigenvalue weighted by molar-refractivity contribution is -0.131. The van der Waals surface area contributed by atoms with Crippen LogP contribution in [-0.2, 0) is 4.79 Å². The lowest BCUT2D eigenvalue weighted by atomic mass is 9.86. The molecule has 5 nitrogen and oxygen atoms in total. The Morgan fingerprint density at radius 2 is 1.95 bits per heavy atom. The minimum Gasteiger partial charge on any atom is -0.370 e. The quantitative estimate of drug-likeness (QED) is 0.578. The highest BCUT2D eigenvalue weighted by Gasteiger charge is 2.17. The first-order chi connectivity index (χ1) is 9.25. The van der Waals surface area contributed by atoms with Gasteiger partial charge in [0.05, 0.1) is 0 Å². The van der Waals surface area contributed by atoms with Crippen molar-refractivity contribution in [2.75, 3.05) is 26.2 Å². The molecule has 1 saturated carbocycles. The Morgan fingerprint density at radius 1 is 1.21 bits per heavy atom. The molecule has 2 rings (SSSR count). The number of nitrogens with two attached hydrogens (primary N) is 1. The van der Waals surface area contributed by atoms with E-state index in [0.29, 0.717) is 18.9 Å². The summed E-state index contributed by atoms with van der Waals surface area (Å²) < 4.78 is 0. The average molecular weight is 266 g/mol. The van der Waals surface area contributed by atoms with Gasteiger partial charge in [0.25, 0.3) is 0 Å². The van der Waals surface area contributed by atoms with Gasteiger partial charge >= 0.3 is 0 Å². The van der Waals surface area contributed by atoms with Gasteiger partial charge in [-0.2, -0.15) is 0 Å². The molecule has 3 N–H and O–H groups in total. The van der Waals surface area contributed by atoms with E-state index in [1.807, 2.05) is 4.90 Å². The van der Waals surface area contributed by atoms with Gasteiger partial charge in [0.15, 0.2) is 5.96 Å². The number of nitrogens with one attached hydrogen (secondary N) is 1. The highest BCUT2D eigenvalue weighted by Crippen LogP contribution is 2.26. The zero-order valence-corrected chi connectivity index (χ0v) is 11.7. The number of piperidine rings is 1. The fraction of sp³-hybridized carbons (Fsp3) is 0.857. The summed E-state index contributed by atoms with van der Waals surface area (Å²) in [6.07, 6.45) is 7.95. The van der Waals surface area contributed by atoms with E-state index in [0.717, 1.165) is 38.4 Å². The third-order valence-corrected chi connectivity index (χ3v) is 4.10. The largest absolute Gasteiger partial charge is 0.370 e. The number of hydrogen-bond acceptors (Lipinski definition) is 2. The predicted octanol–water partition coefficient (Wildman–Crippen LogP) is 1.09. The first-order valence-electron chi connectivity index (χ1n) is 7.57. The second kappa shape index (κ2) is 7.36. The van der Waals surface area contributed by atoms with Crippen LogP contribution in [0.1, 0.15) is 44.9 Å². The van der Waals surface area contributed by atoms with Crippen molar-refractivity contribution >= 4 is 11.9 Å². The number of amides is 1. The number of likely N-dealkylation sites (tertiary alicyclic amines) is 1. The van der Waals surface area contributed by atoms with Crippen molar-refractivity contribution in [3.63, 3.8) is 0 Å². The summed E-state index contributed by atoms with van der Waals surface area (Å²) in [6.45, 7) is 3.27. The first-order valence-corrected chi connectivity index (χ1v) is 7.57. The topological polar surface area (TPSA) is 70.7 Å². The van der Waals surface area contributed by atoms with Crippen LogP contribution in [0.2, 0.25) is 0 Å². The van der Waals surface area contributed by atoms with Gasteiger partial charge in [-0.15, -0.1) is 0 Å². The molecule has 0 spiro atoms. The van der Waals surface area contributed by atoms with Gasteiger partial charge in [-0.1, -0.05) is 6.42 Å². The predicted molar refractivity (Wildman–Crippen MR) is 76.9 cm³/mol. The molecule has 2 fully saturated rings. The third-order valence-electron chi connectivity index (χ3n) is 4.10. The van der Waals surface area contributed by atoms with E-state index in [1.165, 1.54) is 25.7 Å². The van der Waals surface area contributed by atoms with Crippen LogP contribution in [0.4, 0.5) is 0 Å². The molecular weight excluding hydrogens is 240 g/mol. The first kappa shape index (κ1) is 14.2. The summed E-state index contributed by atoms with van der Waals surface area (Å²) in [6, 6.07) is 0. The van der Waals surface area contributed by atoms with Crippen molar-refractivity contribution < 1.29 is 4.79 Å². The van der Waals surface area contributed by atoms with Gasteiger partial charge in [-0.25, -0.2) is 0 Å². The van der Waals surface area contributed by atoms with E-state index < -0.39 is 0 Å². The highest BCUT2D eigenvalue weighted by molar-refractivity contribution is 5.80. The molecule has 1 aliphatic heterocycles. The lowest BCUT2D eigenvalue weighted by Gasteiger charge is -2.26. The van der Waals surface area contributed by atoms with Gasteiger partial charge in [0.1, 0.15) is 0 Å². The molecule has 5 heteroatoms. The standard InChI is InChI=1S/C14H26N4O/c15-14(17-11-12-5-4-6-12)16-8-7-13(19)18-9-2-1-3-10-18/h12H,1-11H2,(H3,15,16,17). The molecular formula is C14H26N4O. The Balaban J connectivity index is 1.57. The molecule has 0 unspecified atom stereocenters. The second-order valence-corrected chi connectivity index (χ2v) is 5.64. The molecule has 1 heterocycles. The van der Waals surface area contributed by atoms with Gasteiger partial charge in [0, 0.05) is 32.6 Å². The summed E-state index contributed by atoms with van der Waals surface area (Å²) in [5.41, 5.74) is 5.78. The van der Waals surface area contributed by atoms with E-state index in [1.54, 1.807) is 0 Å². The summed E-state index contributed by atoms with van der Waals surface area (Å²) in [5, 5.41) is 3.04. The fourth-order valence-corrected chi connectivity index (χ4v) is 2.56. The van der Waals surface area contributed by atoms with Crippen LogP contribution in [0.5, 0.6) is 0 Å². The SMILES string of the molecule is NC(=NCC1CCC1)NCCC(=O)N1CCCCC1. The Bertz CT molecular complexity index is 319. The van der Waals surface area contributed by atoms with Crippen LogP contribution in [0.15, 0.2) is 4.99 Å². The number of carbonyl (C=O) groups is 1. The Labute approximate surface area is 115 Å². The number of carbonyl (C=O) groups excluding carboxylic acids is 1. The minimum absolute atomic E-state index is 0.235. The Hall–Kier alpha value is -1.26. The lowest BCUT2D eigenvalue weighted by Crippen LogP contribution is -2.39. The number of guanidine groups is 1. The molecule has 0 atom stereocenters. The summed E-state index contributed by atoms with van der Waals surface area (Å²) in [5.74, 6) is 1.45. The third kappa shape index (κ3) is 4.73. The number of rotatable bonds is 5. The zero-order chi connectivity index (χ0) is 13.5. The second-order valence-electron chi connectivity index (χ2n) is 5.64. The number of nitrogens with zero attached hydrogens (tertiary/aromatic N) is 2. The van der Waals surface area contributed by atoms with Crippen molar-refractivity contribution in [1.82, 2.24) is 10.2 Å². The molecule has 19 heavy (non-hydrogen) atoms. The van der Waals surface area contributed by atoms with Crippen LogP contribution >= 0.6 is 0 Å². The normalized spacial score (nSPS) is 21.1. The van der Waals surface area contributed by atoms with Gasteiger partial charge in [-0.05, 0) is 38.0 Å². The van der Waals surface area contributed by atoms with Crippen molar-refractivity contribution in [3.05, 3.63) is 0 Å². The van der Waals surface area contributed by atoms with Crippen LogP contribution < -0.4 is 11.1 Å². The van der Waals surface area contributed by atoms with Crippen LogP contribution in [0.25, 0.3) is 0 Å². The molecule has 0 radical (unpaired) electrons.